The molecule has 24 heavy (non-hydrogen) atoms. The molecule has 3 heterocycles. The Hall–Kier alpha value is -1.44. The van der Waals surface area contributed by atoms with Gasteiger partial charge in [0.1, 0.15) is 15.5 Å². The molecule has 1 saturated heterocycles. The molecule has 3 rings (SSSR count). The van der Waals surface area contributed by atoms with Crippen LogP contribution in [0.3, 0.4) is 0 Å². The third-order valence-corrected chi connectivity index (χ3v) is 5.34. The minimum Gasteiger partial charge on any atom is -0.462 e. The molecule has 0 spiro atoms. The maximum absolute atomic E-state index is 12.3. The van der Waals surface area contributed by atoms with E-state index in [-0.39, 0.29) is 11.3 Å². The van der Waals surface area contributed by atoms with E-state index in [1.54, 1.807) is 0 Å². The highest BCUT2D eigenvalue weighted by molar-refractivity contribution is 7.20. The van der Waals surface area contributed by atoms with Crippen LogP contribution >= 0.6 is 22.9 Å². The molecule has 0 atom stereocenters. The van der Waals surface area contributed by atoms with E-state index in [2.05, 4.69) is 20.2 Å². The molecule has 1 aliphatic heterocycles. The van der Waals surface area contributed by atoms with E-state index in [1.807, 2.05) is 13.8 Å². The number of ether oxygens (including phenoxy) is 1. The van der Waals surface area contributed by atoms with E-state index in [0.29, 0.717) is 11.5 Å². The van der Waals surface area contributed by atoms with Crippen LogP contribution in [0.4, 0.5) is 5.82 Å². The van der Waals surface area contributed by atoms with Crippen LogP contribution < -0.4 is 10.2 Å². The monoisotopic (exact) mass is 368 g/mol. The van der Waals surface area contributed by atoms with Gasteiger partial charge in [0.05, 0.1) is 12.0 Å². The van der Waals surface area contributed by atoms with Gasteiger partial charge in [-0.2, -0.15) is 4.98 Å². The van der Waals surface area contributed by atoms with Crippen LogP contribution in [0.1, 0.15) is 35.0 Å². The summed E-state index contributed by atoms with van der Waals surface area (Å²) in [7, 11) is 0. The molecule has 0 bridgehead atoms. The van der Waals surface area contributed by atoms with Crippen molar-refractivity contribution in [2.75, 3.05) is 37.7 Å². The average Bonchev–Trinajstić information content (AvgIpc) is 2.76. The predicted molar refractivity (Wildman–Crippen MR) is 97.4 cm³/mol. The third-order valence-electron chi connectivity index (χ3n) is 4.01. The van der Waals surface area contributed by atoms with Crippen molar-refractivity contribution >= 4 is 44.9 Å². The standard InChI is InChI=1S/C16H21ClN4O2S/c1-3-9-23-15(22)12-10(2)11-13(19-16(17)20-14(11)24-12)21-7-4-5-18-6-8-21/h18H,3-9H2,1-2H3. The number of carbonyl (C=O) groups is 1. The summed E-state index contributed by atoms with van der Waals surface area (Å²) in [5.74, 6) is 0.522. The molecule has 130 valence electrons. The molecular formula is C16H21ClN4O2S. The lowest BCUT2D eigenvalue weighted by molar-refractivity contribution is 0.0510. The highest BCUT2D eigenvalue weighted by Crippen LogP contribution is 2.36. The Morgan fingerprint density at radius 2 is 2.21 bits per heavy atom. The first-order valence-corrected chi connectivity index (χ1v) is 9.40. The molecule has 0 aromatic carbocycles. The summed E-state index contributed by atoms with van der Waals surface area (Å²) in [5.41, 5.74) is 0.875. The average molecular weight is 369 g/mol. The molecule has 0 unspecified atom stereocenters. The van der Waals surface area contributed by atoms with Crippen LogP contribution in [0, 0.1) is 6.92 Å². The van der Waals surface area contributed by atoms with Crippen LogP contribution in [0.25, 0.3) is 10.2 Å². The minimum absolute atomic E-state index is 0.212. The zero-order valence-corrected chi connectivity index (χ0v) is 15.5. The maximum Gasteiger partial charge on any atom is 0.348 e. The Balaban J connectivity index is 2.05. The van der Waals surface area contributed by atoms with Gasteiger partial charge in [0.15, 0.2) is 0 Å². The molecular weight excluding hydrogens is 348 g/mol. The second-order valence-electron chi connectivity index (χ2n) is 5.78. The van der Waals surface area contributed by atoms with Crippen LogP contribution in [0.2, 0.25) is 5.28 Å². The van der Waals surface area contributed by atoms with Gasteiger partial charge in [-0.05, 0) is 43.5 Å². The lowest BCUT2D eigenvalue weighted by Gasteiger charge is -2.22. The van der Waals surface area contributed by atoms with Gasteiger partial charge >= 0.3 is 5.97 Å². The van der Waals surface area contributed by atoms with Crippen molar-refractivity contribution in [3.8, 4) is 0 Å². The smallest absolute Gasteiger partial charge is 0.348 e. The molecule has 2 aromatic heterocycles. The maximum atomic E-state index is 12.3. The van der Waals surface area contributed by atoms with Crippen molar-refractivity contribution in [2.45, 2.75) is 26.7 Å². The fraction of sp³-hybridized carbons (Fsp3) is 0.562. The van der Waals surface area contributed by atoms with Gasteiger partial charge in [-0.15, -0.1) is 11.3 Å². The Morgan fingerprint density at radius 3 is 3.00 bits per heavy atom. The Bertz CT molecular complexity index is 741. The lowest BCUT2D eigenvalue weighted by atomic mass is 10.2. The number of halogens is 1. The van der Waals surface area contributed by atoms with Crippen molar-refractivity contribution in [3.05, 3.63) is 15.7 Å². The molecule has 1 aliphatic rings. The molecule has 6 nitrogen and oxygen atoms in total. The van der Waals surface area contributed by atoms with Crippen molar-refractivity contribution in [2.24, 2.45) is 0 Å². The Kier molecular flexibility index (Phi) is 5.53. The zero-order chi connectivity index (χ0) is 17.1. The second-order valence-corrected chi connectivity index (χ2v) is 7.12. The number of aromatic nitrogens is 2. The summed E-state index contributed by atoms with van der Waals surface area (Å²) >= 11 is 7.46. The fourth-order valence-electron chi connectivity index (χ4n) is 2.83. The van der Waals surface area contributed by atoms with Gasteiger partial charge in [-0.1, -0.05) is 6.92 Å². The number of carbonyl (C=O) groups excluding carboxylic acids is 1. The van der Waals surface area contributed by atoms with E-state index >= 15 is 0 Å². The van der Waals surface area contributed by atoms with E-state index in [0.717, 1.165) is 60.6 Å². The predicted octanol–water partition coefficient (Wildman–Crippen LogP) is 3.02. The summed E-state index contributed by atoms with van der Waals surface area (Å²) in [6.45, 7) is 7.98. The third kappa shape index (κ3) is 3.48. The Labute approximate surface area is 150 Å². The van der Waals surface area contributed by atoms with Gasteiger partial charge in [0.25, 0.3) is 0 Å². The molecule has 0 saturated carbocycles. The normalized spacial score (nSPS) is 15.5. The summed E-state index contributed by atoms with van der Waals surface area (Å²) in [6, 6.07) is 0. The van der Waals surface area contributed by atoms with E-state index < -0.39 is 0 Å². The van der Waals surface area contributed by atoms with Crippen LogP contribution in [-0.4, -0.2) is 48.7 Å². The second kappa shape index (κ2) is 7.63. The number of thiophene rings is 1. The molecule has 2 aromatic rings. The largest absolute Gasteiger partial charge is 0.462 e. The number of hydrogen-bond donors (Lipinski definition) is 1. The summed E-state index contributed by atoms with van der Waals surface area (Å²) < 4.78 is 5.29. The summed E-state index contributed by atoms with van der Waals surface area (Å²) in [4.78, 5) is 24.6. The molecule has 1 N–H and O–H groups in total. The number of anilines is 1. The topological polar surface area (TPSA) is 67.3 Å². The van der Waals surface area contributed by atoms with E-state index in [1.165, 1.54) is 11.3 Å². The number of rotatable bonds is 4. The van der Waals surface area contributed by atoms with Crippen molar-refractivity contribution in [3.63, 3.8) is 0 Å². The van der Waals surface area contributed by atoms with Crippen LogP contribution in [-0.2, 0) is 4.74 Å². The van der Waals surface area contributed by atoms with Gasteiger partial charge in [-0.25, -0.2) is 9.78 Å². The number of nitrogens with zero attached hydrogens (tertiary/aromatic N) is 3. The molecule has 1 fully saturated rings. The van der Waals surface area contributed by atoms with Crippen molar-refractivity contribution in [1.29, 1.82) is 0 Å². The summed E-state index contributed by atoms with van der Waals surface area (Å²) in [6.07, 6.45) is 1.84. The van der Waals surface area contributed by atoms with Gasteiger partial charge in [0.2, 0.25) is 5.28 Å². The number of esters is 1. The zero-order valence-electron chi connectivity index (χ0n) is 13.9. The first-order valence-electron chi connectivity index (χ1n) is 8.21. The highest BCUT2D eigenvalue weighted by Gasteiger charge is 2.24. The Morgan fingerprint density at radius 1 is 1.38 bits per heavy atom. The number of fused-ring (bicyclic) bond motifs is 1. The van der Waals surface area contributed by atoms with Crippen molar-refractivity contribution in [1.82, 2.24) is 15.3 Å². The number of hydrogen-bond acceptors (Lipinski definition) is 7. The number of nitrogens with one attached hydrogen (secondary N) is 1. The first-order chi connectivity index (χ1) is 11.6. The molecule has 0 radical (unpaired) electrons. The SMILES string of the molecule is CCCOC(=O)c1sc2nc(Cl)nc(N3CCCNCC3)c2c1C. The fourth-order valence-corrected chi connectivity index (χ4v) is 4.12. The first kappa shape index (κ1) is 17.4. The summed E-state index contributed by atoms with van der Waals surface area (Å²) in [5, 5.41) is 4.51. The molecule has 8 heteroatoms. The lowest BCUT2D eigenvalue weighted by Crippen LogP contribution is -2.29. The quantitative estimate of drug-likeness (QED) is 0.661. The highest BCUT2D eigenvalue weighted by atomic mass is 35.5. The van der Waals surface area contributed by atoms with Gasteiger partial charge < -0.3 is 15.0 Å². The van der Waals surface area contributed by atoms with E-state index in [9.17, 15) is 4.79 Å². The minimum atomic E-state index is -0.294. The number of aryl methyl sites for hydroxylation is 1. The van der Waals surface area contributed by atoms with Crippen LogP contribution in [0.5, 0.6) is 0 Å². The van der Waals surface area contributed by atoms with Crippen molar-refractivity contribution < 1.29 is 9.53 Å². The van der Waals surface area contributed by atoms with Gasteiger partial charge in [0, 0.05) is 19.6 Å². The van der Waals surface area contributed by atoms with E-state index in [4.69, 9.17) is 16.3 Å². The molecule has 0 aliphatic carbocycles. The van der Waals surface area contributed by atoms with Crippen LogP contribution in [0.15, 0.2) is 0 Å². The molecule has 0 amide bonds. The van der Waals surface area contributed by atoms with Gasteiger partial charge in [-0.3, -0.25) is 0 Å².